The third-order valence-electron chi connectivity index (χ3n) is 2.45. The van der Waals surface area contributed by atoms with Gasteiger partial charge in [-0.2, -0.15) is 0 Å². The molecule has 0 saturated heterocycles. The molecule has 3 nitrogen and oxygen atoms in total. The second-order valence-corrected chi connectivity index (χ2v) is 6.98. The molecule has 0 N–H and O–H groups in total. The molecule has 6 heteroatoms. The Morgan fingerprint density at radius 1 is 1.10 bits per heavy atom. The van der Waals surface area contributed by atoms with E-state index in [9.17, 15) is 4.57 Å². The SMILES string of the molecule is C#CCCOP(=O)(Cc1ccc(Cl)cc1Cl)OCCC#C. The van der Waals surface area contributed by atoms with Crippen LogP contribution in [0.2, 0.25) is 10.0 Å². The van der Waals surface area contributed by atoms with Crippen LogP contribution < -0.4 is 0 Å². The first-order valence-electron chi connectivity index (χ1n) is 6.20. The number of benzene rings is 1. The maximum atomic E-state index is 12.7. The van der Waals surface area contributed by atoms with Crippen molar-refractivity contribution in [2.24, 2.45) is 0 Å². The number of rotatable bonds is 8. The monoisotopic (exact) mass is 344 g/mol. The molecule has 1 aromatic carbocycles. The van der Waals surface area contributed by atoms with Crippen molar-refractivity contribution in [1.82, 2.24) is 0 Å². The largest absolute Gasteiger partial charge is 0.335 e. The molecule has 1 aromatic rings. The first-order valence-corrected chi connectivity index (χ1v) is 8.68. The van der Waals surface area contributed by atoms with E-state index in [0.29, 0.717) is 28.5 Å². The molecule has 1 rings (SSSR count). The Morgan fingerprint density at radius 3 is 2.14 bits per heavy atom. The second-order valence-electron chi connectivity index (χ2n) is 4.08. The van der Waals surface area contributed by atoms with Gasteiger partial charge in [0.1, 0.15) is 0 Å². The van der Waals surface area contributed by atoms with Crippen LogP contribution in [0.3, 0.4) is 0 Å². The highest BCUT2D eigenvalue weighted by Crippen LogP contribution is 2.52. The molecular formula is C15H15Cl2O3P. The average molecular weight is 345 g/mol. The summed E-state index contributed by atoms with van der Waals surface area (Å²) in [4.78, 5) is 0. The zero-order chi connectivity index (χ0) is 15.7. The summed E-state index contributed by atoms with van der Waals surface area (Å²) < 4.78 is 23.4. The molecule has 0 fully saturated rings. The lowest BCUT2D eigenvalue weighted by Gasteiger charge is -2.18. The quantitative estimate of drug-likeness (QED) is 0.387. The summed E-state index contributed by atoms with van der Waals surface area (Å²) in [5.74, 6) is 4.83. The lowest BCUT2D eigenvalue weighted by atomic mass is 10.2. The first-order chi connectivity index (χ1) is 10.0. The van der Waals surface area contributed by atoms with Crippen molar-refractivity contribution in [3.05, 3.63) is 33.8 Å². The van der Waals surface area contributed by atoms with Gasteiger partial charge in [-0.15, -0.1) is 24.7 Å². The van der Waals surface area contributed by atoms with Crippen LogP contribution in [0.5, 0.6) is 0 Å². The molecule has 0 spiro atoms. The summed E-state index contributed by atoms with van der Waals surface area (Å²) in [6.07, 6.45) is 11.0. The highest BCUT2D eigenvalue weighted by Gasteiger charge is 2.26. The fourth-order valence-corrected chi connectivity index (χ4v) is 3.73. The van der Waals surface area contributed by atoms with Crippen molar-refractivity contribution in [3.8, 4) is 24.7 Å². The average Bonchev–Trinajstić information content (AvgIpc) is 2.43. The van der Waals surface area contributed by atoms with Gasteiger partial charge in [-0.25, -0.2) is 0 Å². The lowest BCUT2D eigenvalue weighted by molar-refractivity contribution is 0.210. The van der Waals surface area contributed by atoms with Gasteiger partial charge in [0.05, 0.1) is 19.4 Å². The summed E-state index contributed by atoms with van der Waals surface area (Å²) >= 11 is 11.9. The third-order valence-corrected chi connectivity index (χ3v) is 4.91. The molecule has 0 bridgehead atoms. The van der Waals surface area contributed by atoms with Crippen molar-refractivity contribution in [2.75, 3.05) is 13.2 Å². The minimum absolute atomic E-state index is 0.0398. The van der Waals surface area contributed by atoms with Gasteiger partial charge in [0.15, 0.2) is 0 Å². The van der Waals surface area contributed by atoms with E-state index >= 15 is 0 Å². The Balaban J connectivity index is 2.82. The minimum atomic E-state index is -3.36. The Hall–Kier alpha value is -0.930. The maximum absolute atomic E-state index is 12.7. The van der Waals surface area contributed by atoms with Crippen LogP contribution in [-0.2, 0) is 19.8 Å². The second kappa shape index (κ2) is 9.16. The van der Waals surface area contributed by atoms with Crippen molar-refractivity contribution >= 4 is 30.8 Å². The summed E-state index contributed by atoms with van der Waals surface area (Å²) in [6, 6.07) is 4.92. The van der Waals surface area contributed by atoms with Gasteiger partial charge in [-0.1, -0.05) is 29.3 Å². The Labute approximate surface area is 135 Å². The van der Waals surface area contributed by atoms with Crippen LogP contribution in [0.15, 0.2) is 18.2 Å². The molecule has 0 aliphatic carbocycles. The molecule has 0 aliphatic rings. The number of halogens is 2. The molecule has 0 aromatic heterocycles. The van der Waals surface area contributed by atoms with Crippen LogP contribution in [0.25, 0.3) is 0 Å². The fourth-order valence-electron chi connectivity index (χ4n) is 1.47. The van der Waals surface area contributed by atoms with Gasteiger partial charge < -0.3 is 9.05 Å². The van der Waals surface area contributed by atoms with Crippen molar-refractivity contribution in [1.29, 1.82) is 0 Å². The van der Waals surface area contributed by atoms with Crippen molar-refractivity contribution < 1.29 is 13.6 Å². The van der Waals surface area contributed by atoms with Crippen LogP contribution in [0.1, 0.15) is 18.4 Å². The molecule has 0 radical (unpaired) electrons. The predicted molar refractivity (Wildman–Crippen MR) is 86.6 cm³/mol. The molecule has 21 heavy (non-hydrogen) atoms. The zero-order valence-electron chi connectivity index (χ0n) is 11.4. The topological polar surface area (TPSA) is 35.5 Å². The third kappa shape index (κ3) is 6.58. The van der Waals surface area contributed by atoms with Crippen LogP contribution >= 0.6 is 30.8 Å². The van der Waals surface area contributed by atoms with E-state index in [4.69, 9.17) is 45.1 Å². The van der Waals surface area contributed by atoms with E-state index in [2.05, 4.69) is 11.8 Å². The highest BCUT2D eigenvalue weighted by atomic mass is 35.5. The van der Waals surface area contributed by atoms with Gasteiger partial charge in [-0.3, -0.25) is 4.57 Å². The number of hydrogen-bond acceptors (Lipinski definition) is 3. The molecule has 0 unspecified atom stereocenters. The molecular weight excluding hydrogens is 330 g/mol. The molecule has 0 heterocycles. The summed E-state index contributed by atoms with van der Waals surface area (Å²) in [5.41, 5.74) is 0.630. The van der Waals surface area contributed by atoms with Crippen LogP contribution in [0.4, 0.5) is 0 Å². The smallest absolute Gasteiger partial charge is 0.307 e. The Morgan fingerprint density at radius 2 is 1.67 bits per heavy atom. The van der Waals surface area contributed by atoms with Crippen molar-refractivity contribution in [3.63, 3.8) is 0 Å². The van der Waals surface area contributed by atoms with Gasteiger partial charge in [0.2, 0.25) is 0 Å². The predicted octanol–water partition coefficient (Wildman–Crippen LogP) is 4.77. The summed E-state index contributed by atoms with van der Waals surface area (Å²) in [5, 5.41) is 0.906. The molecule has 0 atom stereocenters. The van der Waals surface area contributed by atoms with Crippen LogP contribution in [-0.4, -0.2) is 13.2 Å². The fraction of sp³-hybridized carbons (Fsp3) is 0.333. The molecule has 0 saturated carbocycles. The standard InChI is InChI=1S/C15H15Cl2O3P/c1-3-5-9-19-21(18,20-10-6-4-2)12-13-7-8-14(16)11-15(13)17/h1-2,7-8,11H,5-6,9-10,12H2. The minimum Gasteiger partial charge on any atom is -0.307 e. The highest BCUT2D eigenvalue weighted by molar-refractivity contribution is 7.53. The van der Waals surface area contributed by atoms with E-state index in [0.717, 1.165) is 0 Å². The van der Waals surface area contributed by atoms with E-state index in [1.807, 2.05) is 0 Å². The summed E-state index contributed by atoms with van der Waals surface area (Å²) in [7, 11) is -3.36. The molecule has 112 valence electrons. The van der Waals surface area contributed by atoms with Gasteiger partial charge in [-0.05, 0) is 17.7 Å². The summed E-state index contributed by atoms with van der Waals surface area (Å²) in [6.45, 7) is 0.296. The number of hydrogen-bond donors (Lipinski definition) is 0. The van der Waals surface area contributed by atoms with Gasteiger partial charge in [0.25, 0.3) is 0 Å². The van der Waals surface area contributed by atoms with Crippen molar-refractivity contribution in [2.45, 2.75) is 19.0 Å². The van der Waals surface area contributed by atoms with Gasteiger partial charge >= 0.3 is 7.60 Å². The Bertz CT molecular complexity index is 578. The molecule has 0 aliphatic heterocycles. The Kier molecular flexibility index (Phi) is 7.91. The lowest BCUT2D eigenvalue weighted by Crippen LogP contribution is -2.02. The van der Waals surface area contributed by atoms with Gasteiger partial charge in [0, 0.05) is 22.9 Å². The normalized spacial score (nSPS) is 10.9. The molecule has 0 amide bonds. The maximum Gasteiger partial charge on any atom is 0.335 e. The first kappa shape index (κ1) is 18.1. The van der Waals surface area contributed by atoms with E-state index in [1.54, 1.807) is 18.2 Å². The zero-order valence-corrected chi connectivity index (χ0v) is 13.8. The van der Waals surface area contributed by atoms with E-state index in [-0.39, 0.29) is 19.4 Å². The van der Waals surface area contributed by atoms with E-state index in [1.165, 1.54) is 0 Å². The van der Waals surface area contributed by atoms with Crippen LogP contribution in [0, 0.1) is 24.7 Å². The van der Waals surface area contributed by atoms with E-state index < -0.39 is 7.60 Å². The number of terminal acetylenes is 2.